The van der Waals surface area contributed by atoms with Gasteiger partial charge in [0.2, 0.25) is 17.8 Å². The molecular weight excluding hydrogens is 427 g/mol. The molecule has 0 saturated heterocycles. The minimum Gasteiger partial charge on any atom is -0.487 e. The Morgan fingerprint density at radius 3 is 2.88 bits per heavy atom. The summed E-state index contributed by atoms with van der Waals surface area (Å²) in [4.78, 5) is 6.67. The fourth-order valence-corrected chi connectivity index (χ4v) is 4.71. The zero-order valence-electron chi connectivity index (χ0n) is 16.9. The third kappa shape index (κ3) is 3.37. The number of fused-ring (bicyclic) bond motifs is 2. The number of hydrogen-bond acceptors (Lipinski definition) is 6. The van der Waals surface area contributed by atoms with Crippen LogP contribution >= 0.6 is 0 Å². The third-order valence-electron chi connectivity index (χ3n) is 6.33. The maximum absolute atomic E-state index is 14.5. The summed E-state index contributed by atoms with van der Waals surface area (Å²) in [5.74, 6) is -0.359. The van der Waals surface area contributed by atoms with E-state index in [9.17, 15) is 23.4 Å². The normalized spacial score (nSPS) is 25.4. The van der Waals surface area contributed by atoms with Gasteiger partial charge in [-0.1, -0.05) is 4.98 Å². The van der Waals surface area contributed by atoms with Crippen molar-refractivity contribution in [3.05, 3.63) is 47.2 Å². The Bertz CT molecular complexity index is 1170. The van der Waals surface area contributed by atoms with Crippen LogP contribution in [0, 0.1) is 5.82 Å². The molecule has 11 heteroatoms. The number of alkyl halides is 2. The zero-order chi connectivity index (χ0) is 22.6. The van der Waals surface area contributed by atoms with Crippen LogP contribution < -0.4 is 20.8 Å². The Hall–Kier alpha value is -2.89. The van der Waals surface area contributed by atoms with Crippen LogP contribution in [0.4, 0.5) is 19.0 Å². The van der Waals surface area contributed by atoms with E-state index in [4.69, 9.17) is 10.5 Å². The Morgan fingerprint density at radius 1 is 1.28 bits per heavy atom. The van der Waals surface area contributed by atoms with Crippen LogP contribution in [0.15, 0.2) is 24.7 Å². The van der Waals surface area contributed by atoms with E-state index < -0.39 is 36.6 Å². The van der Waals surface area contributed by atoms with Gasteiger partial charge in [-0.15, -0.1) is 0 Å². The predicted octanol–water partition coefficient (Wildman–Crippen LogP) is 1.27. The van der Waals surface area contributed by atoms with Gasteiger partial charge in [-0.25, -0.2) is 18.2 Å². The van der Waals surface area contributed by atoms with Gasteiger partial charge in [-0.3, -0.25) is 4.57 Å². The number of ether oxygens (including phenoxy) is 1. The van der Waals surface area contributed by atoms with Crippen molar-refractivity contribution in [1.29, 1.82) is 0 Å². The van der Waals surface area contributed by atoms with Crippen LogP contribution in [0.3, 0.4) is 0 Å². The number of nitrogens with two attached hydrogens (primary N) is 1. The number of anilines is 1. The second-order valence-electron chi connectivity index (χ2n) is 8.22. The Labute approximate surface area is 180 Å². The fraction of sp³-hybridized carbons (Fsp3) is 0.429. The van der Waals surface area contributed by atoms with Gasteiger partial charge >= 0.3 is 0 Å². The molecule has 8 nitrogen and oxygen atoms in total. The van der Waals surface area contributed by atoms with Crippen LogP contribution in [0.5, 0.6) is 5.75 Å². The highest BCUT2D eigenvalue weighted by Gasteiger charge is 2.47. The molecule has 1 aliphatic carbocycles. The molecule has 1 fully saturated rings. The Morgan fingerprint density at radius 2 is 2.09 bits per heavy atom. The number of nitrogen functional groups attached to an aromatic ring is 1. The van der Waals surface area contributed by atoms with Crippen molar-refractivity contribution in [3.63, 3.8) is 0 Å². The first-order valence-corrected chi connectivity index (χ1v) is 10.3. The summed E-state index contributed by atoms with van der Waals surface area (Å²) in [7, 11) is 0. The molecule has 0 amide bonds. The summed E-state index contributed by atoms with van der Waals surface area (Å²) in [6.45, 7) is 1.13. The van der Waals surface area contributed by atoms with Gasteiger partial charge in [0.1, 0.15) is 35.5 Å². The highest BCUT2D eigenvalue weighted by Crippen LogP contribution is 2.39. The summed E-state index contributed by atoms with van der Waals surface area (Å²) >= 11 is 0. The van der Waals surface area contributed by atoms with E-state index in [2.05, 4.69) is 15.3 Å². The minimum absolute atomic E-state index is 0.00113. The van der Waals surface area contributed by atoms with Gasteiger partial charge in [-0.2, -0.15) is 0 Å². The number of aromatic nitrogens is 3. The largest absolute Gasteiger partial charge is 0.487 e. The minimum atomic E-state index is -2.66. The van der Waals surface area contributed by atoms with Crippen molar-refractivity contribution in [3.8, 4) is 5.75 Å². The summed E-state index contributed by atoms with van der Waals surface area (Å²) in [6, 6.07) is 2.04. The molecule has 3 aromatic rings. The lowest BCUT2D eigenvalue weighted by molar-refractivity contribution is -0.354. The molecule has 3 heterocycles. The number of H-pyrrole nitrogens is 1. The van der Waals surface area contributed by atoms with E-state index in [0.717, 1.165) is 11.1 Å². The van der Waals surface area contributed by atoms with Gasteiger partial charge in [0.05, 0.1) is 6.20 Å². The molecule has 0 spiro atoms. The molecule has 5 rings (SSSR count). The number of nitrogens with one attached hydrogen (secondary N) is 2. The van der Waals surface area contributed by atoms with Crippen molar-refractivity contribution in [2.45, 2.75) is 50.2 Å². The number of aromatic amines is 1. The number of halogens is 3. The lowest BCUT2D eigenvalue weighted by atomic mass is 9.97. The monoisotopic (exact) mass is 450 g/mol. The van der Waals surface area contributed by atoms with Gasteiger partial charge in [0.15, 0.2) is 5.82 Å². The molecule has 0 radical (unpaired) electrons. The van der Waals surface area contributed by atoms with Gasteiger partial charge in [0, 0.05) is 24.1 Å². The fourth-order valence-electron chi connectivity index (χ4n) is 4.71. The average Bonchev–Trinajstić information content (AvgIpc) is 3.25. The summed E-state index contributed by atoms with van der Waals surface area (Å²) in [5, 5.41) is 24.7. The number of nitrogens with zero attached hydrogens (tertiary/aromatic N) is 2. The highest BCUT2D eigenvalue weighted by atomic mass is 19.3. The first kappa shape index (κ1) is 21.0. The van der Waals surface area contributed by atoms with Crippen molar-refractivity contribution in [1.82, 2.24) is 14.9 Å². The van der Waals surface area contributed by atoms with Crippen LogP contribution in [0.2, 0.25) is 0 Å². The average molecular weight is 450 g/mol. The molecule has 6 N–H and O–H groups in total. The van der Waals surface area contributed by atoms with Crippen molar-refractivity contribution in [2.75, 3.05) is 12.3 Å². The summed E-state index contributed by atoms with van der Waals surface area (Å²) in [6.07, 6.45) is -2.90. The van der Waals surface area contributed by atoms with Crippen LogP contribution in [-0.2, 0) is 13.0 Å². The van der Waals surface area contributed by atoms with E-state index in [-0.39, 0.29) is 28.9 Å². The quantitative estimate of drug-likeness (QED) is 0.475. The maximum atomic E-state index is 14.5. The van der Waals surface area contributed by atoms with E-state index in [1.54, 1.807) is 0 Å². The lowest BCUT2D eigenvalue weighted by Crippen LogP contribution is -2.35. The number of rotatable bonds is 4. The number of aliphatic hydroxyl groups is 2. The van der Waals surface area contributed by atoms with Crippen LogP contribution in [0.1, 0.15) is 35.6 Å². The zero-order valence-corrected chi connectivity index (χ0v) is 16.9. The Balaban J connectivity index is 1.48. The van der Waals surface area contributed by atoms with Crippen molar-refractivity contribution in [2.24, 2.45) is 0 Å². The van der Waals surface area contributed by atoms with E-state index in [0.29, 0.717) is 25.2 Å². The first-order chi connectivity index (χ1) is 15.3. The molecule has 1 saturated carbocycles. The molecule has 170 valence electrons. The maximum Gasteiger partial charge on any atom is 0.263 e. The molecule has 2 aromatic heterocycles. The molecule has 1 aliphatic heterocycles. The third-order valence-corrected chi connectivity index (χ3v) is 6.33. The lowest BCUT2D eigenvalue weighted by Gasteiger charge is -2.25. The van der Waals surface area contributed by atoms with E-state index in [1.165, 1.54) is 29.2 Å². The molecule has 4 atom stereocenters. The number of benzene rings is 1. The van der Waals surface area contributed by atoms with Crippen molar-refractivity contribution < 1.29 is 33.1 Å². The van der Waals surface area contributed by atoms with E-state index >= 15 is 0 Å². The van der Waals surface area contributed by atoms with Crippen LogP contribution in [0.25, 0.3) is 11.0 Å². The standard InChI is InChI=1S/C21H22F3N5O3/c22-12-7-29(21-16(12)20(25)27-8-28-21)13-5-15(18(31)17(13)30)32-14-4-10(19(23)24)3-9-1-2-26-6-11(9)14/h3-4,7-8,13,15,17-19,26,30-31H,1-2,5-6H2,(H2,25,27,28)/p+1. The molecular formula is C21H23F3N5O3+. The van der Waals surface area contributed by atoms with Crippen molar-refractivity contribution >= 4 is 16.9 Å². The van der Waals surface area contributed by atoms with Gasteiger partial charge in [-0.05, 0) is 30.7 Å². The molecule has 4 unspecified atom stereocenters. The highest BCUT2D eigenvalue weighted by molar-refractivity contribution is 5.84. The predicted molar refractivity (Wildman–Crippen MR) is 108 cm³/mol. The van der Waals surface area contributed by atoms with E-state index in [1.807, 2.05) is 0 Å². The summed E-state index contributed by atoms with van der Waals surface area (Å²) < 4.78 is 48.8. The van der Waals surface area contributed by atoms with Crippen LogP contribution in [-0.4, -0.2) is 44.6 Å². The molecule has 1 aromatic carbocycles. The molecule has 32 heavy (non-hydrogen) atoms. The Kier molecular flexibility index (Phi) is 5.19. The SMILES string of the molecule is Nc1nc[nH+]c2c1c(F)cn2C1CC(Oc2cc(C(F)F)cc3c2CNCC3)C(O)C1O. The smallest absolute Gasteiger partial charge is 0.263 e. The summed E-state index contributed by atoms with van der Waals surface area (Å²) in [5.41, 5.74) is 7.47. The molecule has 0 bridgehead atoms. The second kappa shape index (κ2) is 7.91. The number of aliphatic hydroxyl groups excluding tert-OH is 2. The second-order valence-corrected chi connectivity index (χ2v) is 8.22. The molecule has 2 aliphatic rings. The first-order valence-electron chi connectivity index (χ1n) is 10.3. The van der Waals surface area contributed by atoms with Gasteiger partial charge in [0.25, 0.3) is 6.43 Å². The number of hydrogen-bond donors (Lipinski definition) is 4. The van der Waals surface area contributed by atoms with Gasteiger partial charge < -0.3 is 26.0 Å². The topological polar surface area (TPSA) is 120 Å².